The van der Waals surface area contributed by atoms with Crippen molar-refractivity contribution in [2.45, 2.75) is 19.1 Å². The molecule has 1 aromatic heterocycles. The number of nitrogens with two attached hydrogens (primary N) is 1. The van der Waals surface area contributed by atoms with Crippen molar-refractivity contribution in [1.29, 1.82) is 0 Å². The van der Waals surface area contributed by atoms with Gasteiger partial charge in [0.25, 0.3) is 0 Å². The number of hydrogen-bond acceptors (Lipinski definition) is 6. The van der Waals surface area contributed by atoms with Gasteiger partial charge < -0.3 is 26.4 Å². The number of aliphatic imine (C=N–C) groups is 1. The van der Waals surface area contributed by atoms with Crippen LogP contribution in [-0.4, -0.2) is 45.7 Å². The minimum atomic E-state index is -1.26. The van der Waals surface area contributed by atoms with Crippen LogP contribution in [0, 0.1) is 0 Å². The molecule has 1 aliphatic heterocycles. The van der Waals surface area contributed by atoms with Crippen LogP contribution in [0.15, 0.2) is 52.9 Å². The Morgan fingerprint density at radius 1 is 1.18 bits per heavy atom. The van der Waals surface area contributed by atoms with Gasteiger partial charge in [-0.15, -0.1) is 11.3 Å². The molecule has 1 aromatic carbocycles. The van der Waals surface area contributed by atoms with Crippen LogP contribution in [0.5, 0.6) is 0 Å². The molecule has 6 N–H and O–H groups in total. The molecule has 0 fully saturated rings. The first-order valence-electron chi connectivity index (χ1n) is 8.37. The Hall–Kier alpha value is -3.01. The molecule has 8 nitrogen and oxygen atoms in total. The molecule has 0 aliphatic carbocycles. The molecule has 2 aromatic rings. The number of nitrogens with one attached hydrogen (secondary N) is 1. The maximum Gasteiger partial charge on any atom is 0.328 e. The number of benzene rings is 1. The molecule has 0 saturated heterocycles. The van der Waals surface area contributed by atoms with Gasteiger partial charge in [0.1, 0.15) is 5.84 Å². The van der Waals surface area contributed by atoms with Gasteiger partial charge in [-0.1, -0.05) is 12.1 Å². The Labute approximate surface area is 165 Å². The van der Waals surface area contributed by atoms with Gasteiger partial charge >= 0.3 is 11.9 Å². The molecule has 1 atom stereocenters. The number of amidine groups is 1. The molecular weight excluding hydrogens is 382 g/mol. The summed E-state index contributed by atoms with van der Waals surface area (Å²) in [6.07, 6.45) is 1.49. The van der Waals surface area contributed by atoms with E-state index in [1.165, 1.54) is 11.1 Å². The molecule has 2 heterocycles. The number of nitrogens with zero attached hydrogens (tertiary/aromatic N) is 1. The van der Waals surface area contributed by atoms with Crippen LogP contribution in [-0.2, 0) is 22.6 Å². The molecule has 1 aliphatic rings. The third kappa shape index (κ3) is 6.95. The predicted molar refractivity (Wildman–Crippen MR) is 107 cm³/mol. The molecule has 0 saturated carbocycles. The molecule has 0 amide bonds. The summed E-state index contributed by atoms with van der Waals surface area (Å²) >= 11 is 1.58. The summed E-state index contributed by atoms with van der Waals surface area (Å²) in [5, 5.41) is 30.6. The zero-order chi connectivity index (χ0) is 20.5. The lowest BCUT2D eigenvalue weighted by atomic mass is 10.0. The van der Waals surface area contributed by atoms with E-state index in [4.69, 9.17) is 15.9 Å². The van der Waals surface area contributed by atoms with Crippen LogP contribution in [0.25, 0.3) is 0 Å². The fourth-order valence-electron chi connectivity index (χ4n) is 2.51. The Kier molecular flexibility index (Phi) is 7.88. The number of β-amino-alcohol motifs (C(OH)–C–C–N with tert-alkyl or cyclic N) is 1. The maximum absolute atomic E-state index is 9.77. The van der Waals surface area contributed by atoms with Gasteiger partial charge in [0.05, 0.1) is 16.7 Å². The van der Waals surface area contributed by atoms with Crippen molar-refractivity contribution in [1.82, 2.24) is 5.32 Å². The minimum Gasteiger partial charge on any atom is -0.478 e. The molecule has 9 heteroatoms. The van der Waals surface area contributed by atoms with E-state index in [-0.39, 0.29) is 6.10 Å². The monoisotopic (exact) mass is 403 g/mol. The first kappa shape index (κ1) is 21.3. The Bertz CT molecular complexity index is 862. The van der Waals surface area contributed by atoms with Crippen LogP contribution in [0.3, 0.4) is 0 Å². The van der Waals surface area contributed by atoms with Crippen molar-refractivity contribution >= 4 is 34.8 Å². The standard InChI is InChI=1S/C15H17N3OS.C4H4O4/c16-15(14-2-1-5-20-14)18-12-4-3-10-7-13(19)9-17-8-11(10)6-12;5-3(6)1-2-4(7)8/h1-6,13,17,19H,7-9H2,(H2,16,18);1-2H,(H,5,6)(H,7,8)/b;2-1+. The van der Waals surface area contributed by atoms with Crippen LogP contribution >= 0.6 is 11.3 Å². The van der Waals surface area contributed by atoms with Crippen LogP contribution in [0.4, 0.5) is 5.69 Å². The maximum atomic E-state index is 9.77. The molecule has 3 rings (SSSR count). The number of carbonyl (C=O) groups is 2. The van der Waals surface area contributed by atoms with Gasteiger partial charge in [-0.25, -0.2) is 14.6 Å². The first-order valence-corrected chi connectivity index (χ1v) is 9.25. The molecule has 1 unspecified atom stereocenters. The highest BCUT2D eigenvalue weighted by molar-refractivity contribution is 7.12. The third-order valence-corrected chi connectivity index (χ3v) is 4.62. The van der Waals surface area contributed by atoms with Crippen molar-refractivity contribution in [3.8, 4) is 0 Å². The average molecular weight is 403 g/mol. The number of carboxylic acid groups (broad SMARTS) is 2. The second kappa shape index (κ2) is 10.4. The van der Waals surface area contributed by atoms with Gasteiger partial charge in [0.15, 0.2) is 0 Å². The second-order valence-electron chi connectivity index (χ2n) is 5.93. The number of carboxylic acids is 2. The van der Waals surface area contributed by atoms with Crippen molar-refractivity contribution in [2.24, 2.45) is 10.7 Å². The number of aliphatic carboxylic acids is 2. The zero-order valence-corrected chi connectivity index (χ0v) is 15.7. The molecule has 0 spiro atoms. The average Bonchev–Trinajstić information content (AvgIpc) is 3.11. The van der Waals surface area contributed by atoms with E-state index < -0.39 is 11.9 Å². The van der Waals surface area contributed by atoms with E-state index >= 15 is 0 Å². The Morgan fingerprint density at radius 2 is 1.89 bits per heavy atom. The first-order chi connectivity index (χ1) is 13.3. The lowest BCUT2D eigenvalue weighted by Gasteiger charge is -2.08. The third-order valence-electron chi connectivity index (χ3n) is 3.73. The highest BCUT2D eigenvalue weighted by Crippen LogP contribution is 2.22. The van der Waals surface area contributed by atoms with Crippen molar-refractivity contribution in [2.75, 3.05) is 6.54 Å². The summed E-state index contributed by atoms with van der Waals surface area (Å²) in [6, 6.07) is 9.96. The lowest BCUT2D eigenvalue weighted by molar-refractivity contribution is -0.134. The Balaban J connectivity index is 0.000000300. The molecule has 0 radical (unpaired) electrons. The van der Waals surface area contributed by atoms with E-state index in [1.807, 2.05) is 35.7 Å². The lowest BCUT2D eigenvalue weighted by Crippen LogP contribution is -2.24. The normalized spacial score (nSPS) is 16.6. The van der Waals surface area contributed by atoms with Gasteiger partial charge in [0, 0.05) is 25.2 Å². The number of hydrogen-bond donors (Lipinski definition) is 5. The number of rotatable bonds is 4. The number of aliphatic hydroxyl groups excluding tert-OH is 1. The smallest absolute Gasteiger partial charge is 0.328 e. The Morgan fingerprint density at radius 3 is 2.50 bits per heavy atom. The van der Waals surface area contributed by atoms with Gasteiger partial charge in [-0.3, -0.25) is 0 Å². The van der Waals surface area contributed by atoms with Crippen LogP contribution < -0.4 is 11.1 Å². The summed E-state index contributed by atoms with van der Waals surface area (Å²) in [7, 11) is 0. The van der Waals surface area contributed by atoms with Crippen LogP contribution in [0.1, 0.15) is 16.0 Å². The van der Waals surface area contributed by atoms with Crippen LogP contribution in [0.2, 0.25) is 0 Å². The second-order valence-corrected chi connectivity index (χ2v) is 6.87. The topological polar surface area (TPSA) is 145 Å². The SMILES string of the molecule is NC(=Nc1ccc2c(c1)CNCC(O)C2)c1cccs1.O=C(O)/C=C/C(=O)O. The predicted octanol–water partition coefficient (Wildman–Crippen LogP) is 1.50. The summed E-state index contributed by atoms with van der Waals surface area (Å²) in [4.78, 5) is 24.6. The fourth-order valence-corrected chi connectivity index (χ4v) is 3.13. The van der Waals surface area contributed by atoms with E-state index in [1.54, 1.807) is 11.3 Å². The van der Waals surface area contributed by atoms with Crippen molar-refractivity contribution in [3.05, 3.63) is 63.9 Å². The number of fused-ring (bicyclic) bond motifs is 1. The molecule has 148 valence electrons. The number of thiophene rings is 1. The zero-order valence-electron chi connectivity index (χ0n) is 14.9. The molecular formula is C19H21N3O5S. The quantitative estimate of drug-likeness (QED) is 0.295. The molecule has 28 heavy (non-hydrogen) atoms. The summed E-state index contributed by atoms with van der Waals surface area (Å²) in [6.45, 7) is 1.39. The van der Waals surface area contributed by atoms with E-state index in [0.717, 1.165) is 17.1 Å². The highest BCUT2D eigenvalue weighted by atomic mass is 32.1. The van der Waals surface area contributed by atoms with Crippen molar-refractivity contribution < 1.29 is 24.9 Å². The van der Waals surface area contributed by atoms with Gasteiger partial charge in [-0.2, -0.15) is 0 Å². The number of aliphatic hydroxyl groups is 1. The summed E-state index contributed by atoms with van der Waals surface area (Å²) in [5.41, 5.74) is 9.22. The molecule has 0 bridgehead atoms. The van der Waals surface area contributed by atoms with Gasteiger partial charge in [0.2, 0.25) is 0 Å². The highest BCUT2D eigenvalue weighted by Gasteiger charge is 2.14. The van der Waals surface area contributed by atoms with Gasteiger partial charge in [-0.05, 0) is 41.1 Å². The van der Waals surface area contributed by atoms with E-state index in [9.17, 15) is 14.7 Å². The van der Waals surface area contributed by atoms with E-state index in [2.05, 4.69) is 10.3 Å². The summed E-state index contributed by atoms with van der Waals surface area (Å²) < 4.78 is 0. The van der Waals surface area contributed by atoms with Crippen molar-refractivity contribution in [3.63, 3.8) is 0 Å². The fraction of sp³-hybridized carbons (Fsp3) is 0.211. The van der Waals surface area contributed by atoms with E-state index in [0.29, 0.717) is 31.0 Å². The minimum absolute atomic E-state index is 0.318. The largest absolute Gasteiger partial charge is 0.478 e. The summed E-state index contributed by atoms with van der Waals surface area (Å²) in [5.74, 6) is -1.97.